The highest BCUT2D eigenvalue weighted by Gasteiger charge is 2.33. The van der Waals surface area contributed by atoms with Crippen LogP contribution < -0.4 is 5.32 Å². The Kier molecular flexibility index (Phi) is 4.55. The van der Waals surface area contributed by atoms with Crippen molar-refractivity contribution in [3.05, 3.63) is 40.3 Å². The van der Waals surface area contributed by atoms with E-state index in [1.54, 1.807) is 13.1 Å². The van der Waals surface area contributed by atoms with Crippen molar-refractivity contribution >= 4 is 22.0 Å². The predicted octanol–water partition coefficient (Wildman–Crippen LogP) is 1.76. The van der Waals surface area contributed by atoms with Gasteiger partial charge in [-0.3, -0.25) is 4.79 Å². The first-order valence-electron chi connectivity index (χ1n) is 8.02. The van der Waals surface area contributed by atoms with Crippen LogP contribution in [-0.2, 0) is 21.2 Å². The largest absolute Gasteiger partial charge is 0.359 e. The number of amides is 1. The van der Waals surface area contributed by atoms with Crippen LogP contribution in [0.25, 0.3) is 6.08 Å². The van der Waals surface area contributed by atoms with Gasteiger partial charge >= 0.3 is 0 Å². The Hall–Kier alpha value is -1.66. The van der Waals surface area contributed by atoms with Crippen LogP contribution >= 0.6 is 0 Å². The quantitative estimate of drug-likeness (QED) is 0.916. The Morgan fingerprint density at radius 2 is 1.87 bits per heavy atom. The van der Waals surface area contributed by atoms with Gasteiger partial charge in [0, 0.05) is 26.1 Å². The normalized spacial score (nSPS) is 19.8. The Morgan fingerprint density at radius 1 is 1.17 bits per heavy atom. The summed E-state index contributed by atoms with van der Waals surface area (Å²) in [6.45, 7) is 0.832. The molecule has 1 aliphatic heterocycles. The van der Waals surface area contributed by atoms with E-state index in [1.807, 2.05) is 24.3 Å². The fourth-order valence-electron chi connectivity index (χ4n) is 3.34. The van der Waals surface area contributed by atoms with Crippen molar-refractivity contribution in [1.29, 1.82) is 0 Å². The van der Waals surface area contributed by atoms with E-state index in [0.29, 0.717) is 37.3 Å². The molecule has 1 aromatic rings. The van der Waals surface area contributed by atoms with Gasteiger partial charge in [-0.15, -0.1) is 0 Å². The minimum atomic E-state index is -3.42. The summed E-state index contributed by atoms with van der Waals surface area (Å²) in [4.78, 5) is 12.2. The molecule has 6 heteroatoms. The Bertz CT molecular complexity index is 732. The van der Waals surface area contributed by atoms with Gasteiger partial charge in [0.2, 0.25) is 15.9 Å². The lowest BCUT2D eigenvalue weighted by Gasteiger charge is -2.31. The number of nitrogens with one attached hydrogen (secondary N) is 1. The lowest BCUT2D eigenvalue weighted by Crippen LogP contribution is -2.42. The van der Waals surface area contributed by atoms with Crippen molar-refractivity contribution < 1.29 is 13.2 Å². The molecule has 0 bridgehead atoms. The second-order valence-electron chi connectivity index (χ2n) is 6.10. The smallest absolute Gasteiger partial charge is 0.239 e. The van der Waals surface area contributed by atoms with E-state index in [4.69, 9.17) is 0 Å². The number of piperidine rings is 1. The average Bonchev–Trinajstić information content (AvgIpc) is 2.60. The number of aryl methyl sites for hydroxylation is 1. The summed E-state index contributed by atoms with van der Waals surface area (Å²) in [7, 11) is -1.80. The minimum absolute atomic E-state index is 0.00728. The molecule has 1 heterocycles. The molecule has 1 saturated heterocycles. The van der Waals surface area contributed by atoms with Gasteiger partial charge in [-0.1, -0.05) is 24.3 Å². The molecule has 1 fully saturated rings. The van der Waals surface area contributed by atoms with E-state index in [1.165, 1.54) is 9.87 Å². The highest BCUT2D eigenvalue weighted by atomic mass is 32.2. The van der Waals surface area contributed by atoms with Gasteiger partial charge in [0.1, 0.15) is 0 Å². The molecule has 2 aliphatic rings. The molecule has 0 saturated carbocycles. The third kappa shape index (κ3) is 3.19. The maximum atomic E-state index is 12.9. The number of hydrogen-bond acceptors (Lipinski definition) is 3. The van der Waals surface area contributed by atoms with Gasteiger partial charge in [0.05, 0.1) is 4.91 Å². The van der Waals surface area contributed by atoms with Crippen molar-refractivity contribution in [1.82, 2.24) is 9.62 Å². The highest BCUT2D eigenvalue weighted by molar-refractivity contribution is 7.93. The number of fused-ring (bicyclic) bond motifs is 1. The summed E-state index contributed by atoms with van der Waals surface area (Å²) in [6.07, 6.45) is 4.29. The number of rotatable bonds is 3. The zero-order valence-corrected chi connectivity index (χ0v) is 14.1. The Morgan fingerprint density at radius 3 is 2.57 bits per heavy atom. The number of allylic oxidation sites excluding steroid dienone is 1. The number of nitrogens with zero attached hydrogens (tertiary/aromatic N) is 1. The molecular weight excluding hydrogens is 312 g/mol. The molecule has 1 amide bonds. The van der Waals surface area contributed by atoms with Crippen LogP contribution in [0.3, 0.4) is 0 Å². The summed E-state index contributed by atoms with van der Waals surface area (Å²) < 4.78 is 27.2. The van der Waals surface area contributed by atoms with E-state index in [9.17, 15) is 13.2 Å². The second kappa shape index (κ2) is 6.45. The molecule has 0 aromatic heterocycles. The SMILES string of the molecule is CNC(=O)C1CCN(S(=O)(=O)C2=Cc3ccccc3CC2)CC1. The third-order valence-corrected chi connectivity index (χ3v) is 6.78. The first-order valence-corrected chi connectivity index (χ1v) is 9.46. The standard InChI is InChI=1S/C17H22N2O3S/c1-18-17(20)14-8-10-19(11-9-14)23(21,22)16-7-6-13-4-2-3-5-15(13)12-16/h2-5,12,14H,6-11H2,1H3,(H,18,20). The van der Waals surface area contributed by atoms with E-state index in [0.717, 1.165) is 12.0 Å². The fourth-order valence-corrected chi connectivity index (χ4v) is 5.00. The molecule has 1 aromatic carbocycles. The van der Waals surface area contributed by atoms with Gasteiger partial charge in [-0.25, -0.2) is 8.42 Å². The molecule has 0 radical (unpaired) electrons. The van der Waals surface area contributed by atoms with Crippen molar-refractivity contribution in [3.63, 3.8) is 0 Å². The number of sulfonamides is 1. The van der Waals surface area contributed by atoms with Crippen molar-refractivity contribution in [2.24, 2.45) is 5.92 Å². The van der Waals surface area contributed by atoms with Crippen molar-refractivity contribution in [2.75, 3.05) is 20.1 Å². The van der Waals surface area contributed by atoms with E-state index in [-0.39, 0.29) is 11.8 Å². The van der Waals surface area contributed by atoms with Crippen LogP contribution in [0.2, 0.25) is 0 Å². The summed E-state index contributed by atoms with van der Waals surface area (Å²) in [5.41, 5.74) is 2.20. The lowest BCUT2D eigenvalue weighted by atomic mass is 9.97. The molecule has 1 aliphatic carbocycles. The third-order valence-electron chi connectivity index (χ3n) is 4.75. The summed E-state index contributed by atoms with van der Waals surface area (Å²) in [5.74, 6) is -0.0691. The van der Waals surface area contributed by atoms with Crippen LogP contribution in [0.1, 0.15) is 30.4 Å². The zero-order valence-electron chi connectivity index (χ0n) is 13.3. The maximum absolute atomic E-state index is 12.9. The van der Waals surface area contributed by atoms with Crippen LogP contribution in [0.5, 0.6) is 0 Å². The molecule has 3 rings (SSSR count). The fraction of sp³-hybridized carbons (Fsp3) is 0.471. The highest BCUT2D eigenvalue weighted by Crippen LogP contribution is 2.30. The van der Waals surface area contributed by atoms with E-state index < -0.39 is 10.0 Å². The molecule has 0 unspecified atom stereocenters. The number of benzene rings is 1. The van der Waals surface area contributed by atoms with Crippen LogP contribution in [0.4, 0.5) is 0 Å². The van der Waals surface area contributed by atoms with Crippen LogP contribution in [0.15, 0.2) is 29.2 Å². The first-order chi connectivity index (χ1) is 11.0. The number of carbonyl (C=O) groups is 1. The first kappa shape index (κ1) is 16.2. The van der Waals surface area contributed by atoms with E-state index in [2.05, 4.69) is 5.32 Å². The molecule has 23 heavy (non-hydrogen) atoms. The molecular formula is C17H22N2O3S. The average molecular weight is 334 g/mol. The van der Waals surface area contributed by atoms with Gasteiger partial charge in [-0.05, 0) is 42.9 Å². The Labute approximate surface area is 137 Å². The molecule has 0 spiro atoms. The maximum Gasteiger partial charge on any atom is 0.239 e. The number of hydrogen-bond donors (Lipinski definition) is 1. The molecule has 124 valence electrons. The van der Waals surface area contributed by atoms with E-state index >= 15 is 0 Å². The summed E-state index contributed by atoms with van der Waals surface area (Å²) >= 11 is 0. The predicted molar refractivity (Wildman–Crippen MR) is 90.0 cm³/mol. The molecule has 0 atom stereocenters. The van der Waals surface area contributed by atoms with Gasteiger partial charge in [0.25, 0.3) is 0 Å². The monoisotopic (exact) mass is 334 g/mol. The van der Waals surface area contributed by atoms with Crippen molar-refractivity contribution in [3.8, 4) is 0 Å². The van der Waals surface area contributed by atoms with Gasteiger partial charge in [0.15, 0.2) is 0 Å². The van der Waals surface area contributed by atoms with Gasteiger partial charge < -0.3 is 5.32 Å². The minimum Gasteiger partial charge on any atom is -0.359 e. The van der Waals surface area contributed by atoms with Crippen LogP contribution in [-0.4, -0.2) is 38.8 Å². The topological polar surface area (TPSA) is 66.5 Å². The second-order valence-corrected chi connectivity index (χ2v) is 8.09. The Balaban J connectivity index is 1.76. The number of carbonyl (C=O) groups excluding carboxylic acids is 1. The molecule has 5 nitrogen and oxygen atoms in total. The van der Waals surface area contributed by atoms with Gasteiger partial charge in [-0.2, -0.15) is 4.31 Å². The molecule has 1 N–H and O–H groups in total. The van der Waals surface area contributed by atoms with Crippen molar-refractivity contribution in [2.45, 2.75) is 25.7 Å². The van der Waals surface area contributed by atoms with Crippen LogP contribution in [0, 0.1) is 5.92 Å². The lowest BCUT2D eigenvalue weighted by molar-refractivity contribution is -0.125. The summed E-state index contributed by atoms with van der Waals surface area (Å²) in [5, 5.41) is 2.64. The summed E-state index contributed by atoms with van der Waals surface area (Å²) in [6, 6.07) is 7.92. The zero-order chi connectivity index (χ0) is 16.4.